The van der Waals surface area contributed by atoms with E-state index in [1.807, 2.05) is 6.07 Å². The Morgan fingerprint density at radius 3 is 2.08 bits per heavy atom. The molecule has 0 radical (unpaired) electrons. The Labute approximate surface area is 226 Å². The summed E-state index contributed by atoms with van der Waals surface area (Å²) in [5.74, 6) is 2.01. The number of para-hydroxylation sites is 1. The molecule has 0 unspecified atom stereocenters. The van der Waals surface area contributed by atoms with Gasteiger partial charge >= 0.3 is 0 Å². The fraction of sp³-hybridized carbons (Fsp3) is 0.294. The second kappa shape index (κ2) is 10.8. The summed E-state index contributed by atoms with van der Waals surface area (Å²) < 4.78 is 2.28. The van der Waals surface area contributed by atoms with Crippen molar-refractivity contribution in [2.45, 2.75) is 48.0 Å². The highest BCUT2D eigenvalue weighted by molar-refractivity contribution is 5.85. The minimum absolute atomic E-state index is 0.666. The number of rotatable bonds is 7. The lowest BCUT2D eigenvalue weighted by Crippen LogP contribution is -2.33. The normalized spacial score (nSPS) is 12.1. The zero-order valence-electron chi connectivity index (χ0n) is 23.3. The SMILES string of the molecule is Cc1ccc2nc3cc(C)c(N=Nc4ccc(CC(C(C)C)C(C)C)cc4)cc3[n+](-c3ccccc3)c2c1. The van der Waals surface area contributed by atoms with Crippen LogP contribution < -0.4 is 4.57 Å². The monoisotopic (exact) mass is 501 g/mol. The third-order valence-corrected chi connectivity index (χ3v) is 7.55. The Morgan fingerprint density at radius 2 is 1.39 bits per heavy atom. The van der Waals surface area contributed by atoms with Crippen LogP contribution in [0.1, 0.15) is 44.4 Å². The zero-order chi connectivity index (χ0) is 26.8. The molecule has 0 aliphatic heterocycles. The molecule has 5 aromatic rings. The largest absolute Gasteiger partial charge is 0.239 e. The van der Waals surface area contributed by atoms with Crippen LogP contribution in [0.25, 0.3) is 27.8 Å². The molecule has 38 heavy (non-hydrogen) atoms. The number of azo groups is 1. The molecule has 0 bridgehead atoms. The summed E-state index contributed by atoms with van der Waals surface area (Å²) in [6, 6.07) is 29.6. The second-order valence-corrected chi connectivity index (χ2v) is 11.1. The van der Waals surface area contributed by atoms with E-state index in [0.717, 1.165) is 51.1 Å². The van der Waals surface area contributed by atoms with Crippen LogP contribution in [0.5, 0.6) is 0 Å². The van der Waals surface area contributed by atoms with E-state index >= 15 is 0 Å². The van der Waals surface area contributed by atoms with Crippen molar-refractivity contribution in [1.82, 2.24) is 4.98 Å². The topological polar surface area (TPSA) is 41.5 Å². The van der Waals surface area contributed by atoms with Gasteiger partial charge in [-0.2, -0.15) is 10.2 Å². The lowest BCUT2D eigenvalue weighted by Gasteiger charge is -2.24. The van der Waals surface area contributed by atoms with E-state index in [1.54, 1.807) is 0 Å². The van der Waals surface area contributed by atoms with Gasteiger partial charge in [0.2, 0.25) is 16.7 Å². The van der Waals surface area contributed by atoms with Crippen LogP contribution >= 0.6 is 0 Å². The average Bonchev–Trinajstić information content (AvgIpc) is 2.90. The molecule has 5 rings (SSSR count). The highest BCUT2D eigenvalue weighted by atomic mass is 15.1. The van der Waals surface area contributed by atoms with Gasteiger partial charge in [-0.3, -0.25) is 0 Å². The van der Waals surface area contributed by atoms with Crippen molar-refractivity contribution in [2.24, 2.45) is 28.0 Å². The van der Waals surface area contributed by atoms with Crippen molar-refractivity contribution in [3.8, 4) is 5.69 Å². The van der Waals surface area contributed by atoms with Crippen LogP contribution in [0.15, 0.2) is 95.2 Å². The highest BCUT2D eigenvalue weighted by Gasteiger charge is 2.21. The number of benzene rings is 4. The third kappa shape index (κ3) is 5.35. The summed E-state index contributed by atoms with van der Waals surface area (Å²) in [7, 11) is 0. The molecular weight excluding hydrogens is 464 g/mol. The smallest absolute Gasteiger partial charge is 0.235 e. The molecular formula is C34H37N4+. The summed E-state index contributed by atoms with van der Waals surface area (Å²) in [5, 5.41) is 9.30. The van der Waals surface area contributed by atoms with E-state index < -0.39 is 0 Å². The molecule has 0 spiro atoms. The number of aryl methyl sites for hydroxylation is 2. The molecule has 0 aliphatic carbocycles. The van der Waals surface area contributed by atoms with E-state index in [1.165, 1.54) is 11.1 Å². The lowest BCUT2D eigenvalue weighted by atomic mass is 9.81. The fourth-order valence-corrected chi connectivity index (χ4v) is 5.39. The first-order valence-electron chi connectivity index (χ1n) is 13.6. The van der Waals surface area contributed by atoms with Crippen LogP contribution in [0, 0.1) is 31.6 Å². The molecule has 0 atom stereocenters. The van der Waals surface area contributed by atoms with E-state index in [-0.39, 0.29) is 0 Å². The van der Waals surface area contributed by atoms with Crippen molar-refractivity contribution in [1.29, 1.82) is 0 Å². The van der Waals surface area contributed by atoms with E-state index in [4.69, 9.17) is 4.98 Å². The Morgan fingerprint density at radius 1 is 0.711 bits per heavy atom. The van der Waals surface area contributed by atoms with Gasteiger partial charge in [-0.05, 0) is 79.0 Å². The summed E-state index contributed by atoms with van der Waals surface area (Å²) in [4.78, 5) is 4.99. The third-order valence-electron chi connectivity index (χ3n) is 7.55. The van der Waals surface area contributed by atoms with Crippen LogP contribution in [0.2, 0.25) is 0 Å². The lowest BCUT2D eigenvalue weighted by molar-refractivity contribution is -0.538. The molecule has 0 saturated heterocycles. The summed E-state index contributed by atoms with van der Waals surface area (Å²) in [5.41, 5.74) is 10.4. The number of nitrogens with zero attached hydrogens (tertiary/aromatic N) is 4. The molecule has 1 heterocycles. The summed E-state index contributed by atoms with van der Waals surface area (Å²) in [6.45, 7) is 13.5. The first-order valence-corrected chi connectivity index (χ1v) is 13.6. The van der Waals surface area contributed by atoms with Gasteiger partial charge in [-0.15, -0.1) is 4.57 Å². The zero-order valence-corrected chi connectivity index (χ0v) is 23.3. The van der Waals surface area contributed by atoms with Crippen molar-refractivity contribution >= 4 is 33.4 Å². The van der Waals surface area contributed by atoms with E-state index in [0.29, 0.717) is 17.8 Å². The number of aromatic nitrogens is 2. The maximum absolute atomic E-state index is 4.99. The van der Waals surface area contributed by atoms with Crippen molar-refractivity contribution in [2.75, 3.05) is 0 Å². The molecule has 0 fully saturated rings. The maximum atomic E-state index is 4.99. The van der Waals surface area contributed by atoms with Crippen LogP contribution in [0.3, 0.4) is 0 Å². The molecule has 0 amide bonds. The van der Waals surface area contributed by atoms with Crippen molar-refractivity contribution < 1.29 is 4.57 Å². The predicted octanol–water partition coefficient (Wildman–Crippen LogP) is 9.17. The maximum Gasteiger partial charge on any atom is 0.239 e. The quantitative estimate of drug-likeness (QED) is 0.124. The molecule has 0 aliphatic rings. The van der Waals surface area contributed by atoms with Gasteiger partial charge in [-0.25, -0.2) is 4.98 Å². The van der Waals surface area contributed by atoms with Gasteiger partial charge in [0.15, 0.2) is 0 Å². The molecule has 0 N–H and O–H groups in total. The number of hydrogen-bond donors (Lipinski definition) is 0. The molecule has 4 nitrogen and oxygen atoms in total. The van der Waals surface area contributed by atoms with Gasteiger partial charge in [0.1, 0.15) is 11.0 Å². The summed E-state index contributed by atoms with van der Waals surface area (Å²) >= 11 is 0. The summed E-state index contributed by atoms with van der Waals surface area (Å²) in [6.07, 6.45) is 1.09. The highest BCUT2D eigenvalue weighted by Crippen LogP contribution is 2.29. The van der Waals surface area contributed by atoms with Crippen LogP contribution in [-0.4, -0.2) is 4.98 Å². The number of fused-ring (bicyclic) bond motifs is 2. The Bertz CT molecular complexity index is 1590. The van der Waals surface area contributed by atoms with Gasteiger partial charge in [0.25, 0.3) is 0 Å². The average molecular weight is 502 g/mol. The van der Waals surface area contributed by atoms with E-state index in [9.17, 15) is 0 Å². The molecule has 0 saturated carbocycles. The Kier molecular flexibility index (Phi) is 7.33. The minimum atomic E-state index is 0.666. The number of hydrogen-bond acceptors (Lipinski definition) is 3. The standard InChI is InChI=1S/C34H37N4/c1-22(2)29(23(3)4)20-26-13-15-27(16-14-26)36-37-31-21-34-32(19-25(31)6)35-30-17-12-24(5)18-33(30)38(34)28-10-8-7-9-11-28/h7-19,21-23,29H,20H2,1-6H3/q+1. The van der Waals surface area contributed by atoms with Gasteiger partial charge in [0.05, 0.1) is 11.4 Å². The van der Waals surface area contributed by atoms with Crippen molar-refractivity contribution in [3.05, 3.63) is 102 Å². The van der Waals surface area contributed by atoms with E-state index in [2.05, 4.69) is 135 Å². The second-order valence-electron chi connectivity index (χ2n) is 11.1. The Hall–Kier alpha value is -3.92. The molecule has 4 heteroatoms. The van der Waals surface area contributed by atoms with Crippen molar-refractivity contribution in [3.63, 3.8) is 0 Å². The fourth-order valence-electron chi connectivity index (χ4n) is 5.39. The van der Waals surface area contributed by atoms with Gasteiger partial charge in [0, 0.05) is 24.3 Å². The van der Waals surface area contributed by atoms with Crippen LogP contribution in [-0.2, 0) is 6.42 Å². The minimum Gasteiger partial charge on any atom is -0.235 e. The molecule has 192 valence electrons. The first kappa shape index (κ1) is 25.7. The molecule has 4 aromatic carbocycles. The Balaban J connectivity index is 1.53. The molecule has 1 aromatic heterocycles. The van der Waals surface area contributed by atoms with Gasteiger partial charge < -0.3 is 0 Å². The van der Waals surface area contributed by atoms with Crippen LogP contribution in [0.4, 0.5) is 11.4 Å². The van der Waals surface area contributed by atoms with Gasteiger partial charge in [-0.1, -0.05) is 64.1 Å². The first-order chi connectivity index (χ1) is 18.3. The predicted molar refractivity (Wildman–Crippen MR) is 158 cm³/mol.